The van der Waals surface area contributed by atoms with Gasteiger partial charge in [0.05, 0.1) is 17.9 Å². The summed E-state index contributed by atoms with van der Waals surface area (Å²) < 4.78 is 0.925. The Morgan fingerprint density at radius 3 is 2.91 bits per heavy atom. The van der Waals surface area contributed by atoms with Crippen molar-refractivity contribution in [1.29, 1.82) is 0 Å². The van der Waals surface area contributed by atoms with E-state index in [0.29, 0.717) is 16.9 Å². The van der Waals surface area contributed by atoms with Crippen molar-refractivity contribution >= 4 is 34.2 Å². The van der Waals surface area contributed by atoms with Crippen LogP contribution in [0, 0.1) is 21.3 Å². The number of benzene rings is 1. The molecule has 0 aromatic heterocycles. The molecule has 0 saturated heterocycles. The summed E-state index contributed by atoms with van der Waals surface area (Å²) in [5.41, 5.74) is 7.74. The van der Waals surface area contributed by atoms with E-state index in [9.17, 15) is 9.90 Å². The lowest BCUT2D eigenvalue weighted by molar-refractivity contribution is -0.130. The molecule has 1 aromatic carbocycles. The second-order valence-electron chi connectivity index (χ2n) is 5.64. The molecule has 3 rings (SSSR count). The van der Waals surface area contributed by atoms with E-state index < -0.39 is 11.5 Å². The van der Waals surface area contributed by atoms with Crippen LogP contribution in [0.5, 0.6) is 0 Å². The van der Waals surface area contributed by atoms with Gasteiger partial charge in [-0.2, -0.15) is 0 Å². The van der Waals surface area contributed by atoms with Crippen LogP contribution in [0.3, 0.4) is 0 Å². The number of hydrazine groups is 1. The zero-order chi connectivity index (χ0) is 16.6. The molecule has 6 nitrogen and oxygen atoms in total. The normalized spacial score (nSPS) is 23.3. The quantitative estimate of drug-likeness (QED) is 0.245. The number of hydrogen-bond donors (Lipinski definition) is 4. The van der Waals surface area contributed by atoms with E-state index in [-0.39, 0.29) is 12.5 Å². The number of amides is 1. The number of nitrogens with two attached hydrogens (primary N) is 2. The molecule has 1 saturated carbocycles. The Bertz CT molecular complexity index is 748. The molecule has 1 heterocycles. The van der Waals surface area contributed by atoms with Crippen LogP contribution in [0.2, 0.25) is 0 Å². The lowest BCUT2D eigenvalue weighted by Gasteiger charge is -2.20. The smallest absolute Gasteiger partial charge is 0.277 e. The SMILES string of the molecule is N/C=C(/CN1C(=O)[C@](O)(C#CC2CC2)c2cc(I)ccc21)NN. The van der Waals surface area contributed by atoms with E-state index in [1.54, 1.807) is 12.1 Å². The van der Waals surface area contributed by atoms with Crippen molar-refractivity contribution in [1.82, 2.24) is 5.43 Å². The molecule has 0 bridgehead atoms. The van der Waals surface area contributed by atoms with Crippen molar-refractivity contribution in [3.8, 4) is 11.8 Å². The van der Waals surface area contributed by atoms with Crippen molar-refractivity contribution in [2.45, 2.75) is 18.4 Å². The molecule has 2 aliphatic rings. The van der Waals surface area contributed by atoms with Gasteiger partial charge in [-0.15, -0.1) is 0 Å². The predicted octanol–water partition coefficient (Wildman–Crippen LogP) is 0.502. The number of carbonyl (C=O) groups excluding carboxylic acids is 1. The summed E-state index contributed by atoms with van der Waals surface area (Å²) >= 11 is 2.15. The van der Waals surface area contributed by atoms with E-state index >= 15 is 0 Å². The number of carbonyl (C=O) groups is 1. The minimum absolute atomic E-state index is 0.146. The highest BCUT2D eigenvalue weighted by molar-refractivity contribution is 14.1. The number of aliphatic hydroxyl groups is 1. The predicted molar refractivity (Wildman–Crippen MR) is 95.5 cm³/mol. The van der Waals surface area contributed by atoms with Gasteiger partial charge in [0.15, 0.2) is 0 Å². The largest absolute Gasteiger partial charge is 0.403 e. The summed E-state index contributed by atoms with van der Waals surface area (Å²) in [6.07, 6.45) is 3.35. The molecule has 1 aliphatic heterocycles. The topological polar surface area (TPSA) is 105 Å². The van der Waals surface area contributed by atoms with Gasteiger partial charge in [-0.05, 0) is 53.6 Å². The molecule has 6 N–H and O–H groups in total. The average molecular weight is 424 g/mol. The van der Waals surface area contributed by atoms with Crippen LogP contribution in [0.15, 0.2) is 30.1 Å². The van der Waals surface area contributed by atoms with Crippen molar-refractivity contribution in [2.75, 3.05) is 11.4 Å². The van der Waals surface area contributed by atoms with Gasteiger partial charge in [-0.1, -0.05) is 11.8 Å². The molecule has 1 atom stereocenters. The van der Waals surface area contributed by atoms with E-state index in [4.69, 9.17) is 11.6 Å². The van der Waals surface area contributed by atoms with Crippen molar-refractivity contribution in [2.24, 2.45) is 17.5 Å². The molecule has 0 radical (unpaired) electrons. The Balaban J connectivity index is 2.05. The first-order chi connectivity index (χ1) is 11.0. The van der Waals surface area contributed by atoms with E-state index in [1.165, 1.54) is 11.1 Å². The maximum Gasteiger partial charge on any atom is 0.277 e. The summed E-state index contributed by atoms with van der Waals surface area (Å²) in [7, 11) is 0. The molecule has 1 amide bonds. The molecular weight excluding hydrogens is 407 g/mol. The maximum atomic E-state index is 12.8. The third-order valence-corrected chi connectivity index (χ3v) is 4.61. The Morgan fingerprint density at radius 1 is 1.57 bits per heavy atom. The second kappa shape index (κ2) is 6.03. The first-order valence-corrected chi connectivity index (χ1v) is 8.32. The Morgan fingerprint density at radius 2 is 2.30 bits per heavy atom. The van der Waals surface area contributed by atoms with Gasteiger partial charge in [0.25, 0.3) is 5.91 Å². The van der Waals surface area contributed by atoms with Crippen LogP contribution in [-0.2, 0) is 10.4 Å². The van der Waals surface area contributed by atoms with Crippen LogP contribution in [0.25, 0.3) is 0 Å². The van der Waals surface area contributed by atoms with Crippen molar-refractivity contribution in [3.05, 3.63) is 39.2 Å². The van der Waals surface area contributed by atoms with Gasteiger partial charge in [-0.25, -0.2) is 0 Å². The highest BCUT2D eigenvalue weighted by Gasteiger charge is 2.49. The highest BCUT2D eigenvalue weighted by Crippen LogP contribution is 2.41. The molecule has 1 fully saturated rings. The van der Waals surface area contributed by atoms with Crippen LogP contribution >= 0.6 is 22.6 Å². The van der Waals surface area contributed by atoms with Crippen LogP contribution < -0.4 is 21.9 Å². The second-order valence-corrected chi connectivity index (χ2v) is 6.89. The molecule has 0 spiro atoms. The van der Waals surface area contributed by atoms with Gasteiger partial charge in [0.2, 0.25) is 5.60 Å². The summed E-state index contributed by atoms with van der Waals surface area (Å²) in [5.74, 6) is 11.0. The molecule has 0 unspecified atom stereocenters. The highest BCUT2D eigenvalue weighted by atomic mass is 127. The van der Waals surface area contributed by atoms with Crippen LogP contribution in [0.4, 0.5) is 5.69 Å². The molecule has 120 valence electrons. The lowest BCUT2D eigenvalue weighted by Crippen LogP contribution is -2.42. The van der Waals surface area contributed by atoms with E-state index in [0.717, 1.165) is 16.4 Å². The Kier molecular flexibility index (Phi) is 4.23. The minimum Gasteiger partial charge on any atom is -0.403 e. The monoisotopic (exact) mass is 424 g/mol. The van der Waals surface area contributed by atoms with Crippen LogP contribution in [-0.4, -0.2) is 17.6 Å². The zero-order valence-electron chi connectivity index (χ0n) is 12.3. The van der Waals surface area contributed by atoms with Gasteiger partial charge in [0.1, 0.15) is 0 Å². The van der Waals surface area contributed by atoms with Crippen LogP contribution in [0.1, 0.15) is 18.4 Å². The van der Waals surface area contributed by atoms with Crippen molar-refractivity contribution < 1.29 is 9.90 Å². The number of fused-ring (bicyclic) bond motifs is 1. The van der Waals surface area contributed by atoms with Gasteiger partial charge in [-0.3, -0.25) is 10.6 Å². The fraction of sp³-hybridized carbons (Fsp3) is 0.312. The Hall–Kier alpha value is -1.76. The van der Waals surface area contributed by atoms with Gasteiger partial charge >= 0.3 is 0 Å². The van der Waals surface area contributed by atoms with Gasteiger partial charge in [0, 0.05) is 21.3 Å². The molecule has 1 aromatic rings. The van der Waals surface area contributed by atoms with Crippen molar-refractivity contribution in [3.63, 3.8) is 0 Å². The van der Waals surface area contributed by atoms with E-state index in [1.807, 2.05) is 6.07 Å². The van der Waals surface area contributed by atoms with E-state index in [2.05, 4.69) is 39.9 Å². The number of halogens is 1. The minimum atomic E-state index is -1.81. The summed E-state index contributed by atoms with van der Waals surface area (Å²) in [4.78, 5) is 14.3. The standard InChI is InChI=1S/C16H17IN4O2/c17-11-3-4-14-13(7-11)16(23,6-5-10-1-2-10)15(22)21(14)9-12(8-18)20-19/h3-4,7-8,10,20,23H,1-2,9,18-19H2/b12-8-/t16-/m0/s1. The summed E-state index contributed by atoms with van der Waals surface area (Å²) in [6, 6.07) is 5.47. The summed E-state index contributed by atoms with van der Waals surface area (Å²) in [5, 5.41) is 11.0. The number of nitrogens with one attached hydrogen (secondary N) is 1. The fourth-order valence-corrected chi connectivity index (χ4v) is 2.97. The number of anilines is 1. The van der Waals surface area contributed by atoms with Gasteiger partial charge < -0.3 is 21.2 Å². The lowest BCUT2D eigenvalue weighted by atomic mass is 9.96. The zero-order valence-corrected chi connectivity index (χ0v) is 14.5. The Labute approximate surface area is 148 Å². The first kappa shape index (κ1) is 16.1. The molecular formula is C16H17IN4O2. The number of rotatable bonds is 3. The molecule has 7 heteroatoms. The first-order valence-electron chi connectivity index (χ1n) is 7.24. The summed E-state index contributed by atoms with van der Waals surface area (Å²) in [6.45, 7) is 0.146. The average Bonchev–Trinajstić information content (AvgIpc) is 3.35. The molecule has 23 heavy (non-hydrogen) atoms. The fourth-order valence-electron chi connectivity index (χ4n) is 2.48. The molecule has 1 aliphatic carbocycles. The third-order valence-electron chi connectivity index (χ3n) is 3.94. The number of hydrogen-bond acceptors (Lipinski definition) is 5. The third kappa shape index (κ3) is 2.89. The maximum absolute atomic E-state index is 12.8. The number of nitrogens with zero attached hydrogens (tertiary/aromatic N) is 1.